The van der Waals surface area contributed by atoms with E-state index in [-0.39, 0.29) is 18.1 Å². The van der Waals surface area contributed by atoms with Gasteiger partial charge >= 0.3 is 0 Å². The first-order chi connectivity index (χ1) is 14.1. The Morgan fingerprint density at radius 3 is 2.66 bits per heavy atom. The summed E-state index contributed by atoms with van der Waals surface area (Å²) in [6.07, 6.45) is 1.36. The van der Waals surface area contributed by atoms with E-state index in [0.717, 1.165) is 31.4 Å². The maximum Gasteiger partial charge on any atom is 0.155 e. The Kier molecular flexibility index (Phi) is 4.54. The van der Waals surface area contributed by atoms with Crippen LogP contribution in [0.3, 0.4) is 0 Å². The largest absolute Gasteiger partial charge is 0.386 e. The lowest BCUT2D eigenvalue weighted by atomic mass is 9.97. The van der Waals surface area contributed by atoms with Gasteiger partial charge in [-0.1, -0.05) is 48.5 Å². The van der Waals surface area contributed by atoms with E-state index in [4.69, 9.17) is 15.8 Å². The first kappa shape index (κ1) is 18.2. The van der Waals surface area contributed by atoms with E-state index in [0.29, 0.717) is 5.84 Å². The molecule has 2 aromatic carbocycles. The fraction of sp³-hybridized carbons (Fsp3) is 0.182. The van der Waals surface area contributed by atoms with Crippen LogP contribution < -0.4 is 5.73 Å². The SMILES string of the molecule is CC(c1cc2ccccc2nc1-c1ccccc1)N1N=C(I)C2C(N)=NC=NC21. The van der Waals surface area contributed by atoms with Gasteiger partial charge in [0, 0.05) is 16.5 Å². The van der Waals surface area contributed by atoms with Gasteiger partial charge in [0.1, 0.15) is 21.8 Å². The minimum atomic E-state index is -0.176. The van der Waals surface area contributed by atoms with Crippen molar-refractivity contribution >= 4 is 49.4 Å². The Morgan fingerprint density at radius 2 is 1.83 bits per heavy atom. The standard InChI is InChI=1S/C22H19IN6/c1-13(29-22-18(20(23)28-29)21(24)25-12-26-22)16-11-15-9-5-6-10-17(15)27-19(16)14-7-3-2-4-8-14/h2-13,18,22H,1H3,(H2,24,25,26). The summed E-state index contributed by atoms with van der Waals surface area (Å²) in [5.74, 6) is 0.476. The highest BCUT2D eigenvalue weighted by Crippen LogP contribution is 2.39. The third kappa shape index (κ3) is 3.09. The minimum absolute atomic E-state index is 0.0369. The quantitative estimate of drug-likeness (QED) is 0.550. The van der Waals surface area contributed by atoms with E-state index in [1.807, 2.05) is 41.4 Å². The number of halogens is 1. The summed E-state index contributed by atoms with van der Waals surface area (Å²) in [6.45, 7) is 2.14. The molecule has 0 amide bonds. The zero-order valence-electron chi connectivity index (χ0n) is 15.8. The fourth-order valence-corrected chi connectivity index (χ4v) is 4.81. The maximum absolute atomic E-state index is 6.14. The summed E-state index contributed by atoms with van der Waals surface area (Å²) >= 11 is 2.24. The number of aromatic nitrogens is 1. The predicted molar refractivity (Wildman–Crippen MR) is 126 cm³/mol. The van der Waals surface area contributed by atoms with E-state index in [1.54, 1.807) is 0 Å². The normalized spacial score (nSPS) is 21.7. The van der Waals surface area contributed by atoms with E-state index in [2.05, 4.69) is 63.8 Å². The number of fused-ring (bicyclic) bond motifs is 2. The van der Waals surface area contributed by atoms with Crippen LogP contribution in [0.1, 0.15) is 18.5 Å². The molecule has 0 spiro atoms. The molecule has 2 N–H and O–H groups in total. The van der Waals surface area contributed by atoms with Crippen molar-refractivity contribution in [3.05, 3.63) is 66.2 Å². The number of hydrogen-bond acceptors (Lipinski definition) is 6. The van der Waals surface area contributed by atoms with Crippen LogP contribution in [0.25, 0.3) is 22.2 Å². The molecule has 2 aliphatic heterocycles. The van der Waals surface area contributed by atoms with Crippen LogP contribution in [0.15, 0.2) is 75.7 Å². The summed E-state index contributed by atoms with van der Waals surface area (Å²) in [5.41, 5.74) is 10.3. The molecule has 5 rings (SSSR count). The molecule has 2 aliphatic rings. The highest BCUT2D eigenvalue weighted by Gasteiger charge is 2.42. The molecule has 0 radical (unpaired) electrons. The lowest BCUT2D eigenvalue weighted by molar-refractivity contribution is 0.166. The molecule has 0 saturated carbocycles. The van der Waals surface area contributed by atoms with Gasteiger partial charge in [-0.25, -0.2) is 15.0 Å². The third-order valence-electron chi connectivity index (χ3n) is 5.43. The molecule has 3 unspecified atom stereocenters. The Bertz CT molecular complexity index is 1170. The first-order valence-electron chi connectivity index (χ1n) is 9.46. The van der Waals surface area contributed by atoms with Crippen molar-refractivity contribution in [2.24, 2.45) is 26.7 Å². The molecule has 6 nitrogen and oxygen atoms in total. The molecular formula is C22H19IN6. The van der Waals surface area contributed by atoms with Crippen molar-refractivity contribution in [2.75, 3.05) is 0 Å². The van der Waals surface area contributed by atoms with Crippen molar-refractivity contribution in [3.63, 3.8) is 0 Å². The molecule has 0 fully saturated rings. The summed E-state index contributed by atoms with van der Waals surface area (Å²) in [5, 5.41) is 7.95. The number of nitrogens with two attached hydrogens (primary N) is 1. The third-order valence-corrected chi connectivity index (χ3v) is 6.32. The molecule has 29 heavy (non-hydrogen) atoms. The molecule has 0 saturated heterocycles. The predicted octanol–water partition coefficient (Wildman–Crippen LogP) is 4.37. The molecule has 1 aromatic heterocycles. The van der Waals surface area contributed by atoms with Crippen molar-refractivity contribution in [2.45, 2.75) is 19.1 Å². The molecule has 0 bridgehead atoms. The van der Waals surface area contributed by atoms with Gasteiger partial charge in [-0.05, 0) is 41.6 Å². The van der Waals surface area contributed by atoms with Crippen LogP contribution in [0.2, 0.25) is 0 Å². The average Bonchev–Trinajstić information content (AvgIpc) is 3.10. The second-order valence-electron chi connectivity index (χ2n) is 7.17. The molecule has 144 valence electrons. The summed E-state index contributed by atoms with van der Waals surface area (Å²) in [4.78, 5) is 13.8. The number of amidine groups is 1. The lowest BCUT2D eigenvalue weighted by Gasteiger charge is -2.31. The van der Waals surface area contributed by atoms with Gasteiger partial charge in [0.25, 0.3) is 0 Å². The Labute approximate surface area is 182 Å². The minimum Gasteiger partial charge on any atom is -0.386 e. The van der Waals surface area contributed by atoms with Gasteiger partial charge in [-0.15, -0.1) is 0 Å². The van der Waals surface area contributed by atoms with Crippen LogP contribution in [-0.4, -0.2) is 32.1 Å². The van der Waals surface area contributed by atoms with E-state index in [1.165, 1.54) is 6.34 Å². The van der Waals surface area contributed by atoms with Crippen LogP contribution in [0.4, 0.5) is 0 Å². The zero-order chi connectivity index (χ0) is 20.0. The monoisotopic (exact) mass is 494 g/mol. The Balaban J connectivity index is 1.64. The van der Waals surface area contributed by atoms with E-state index in [9.17, 15) is 0 Å². The number of pyridine rings is 1. The second-order valence-corrected chi connectivity index (χ2v) is 8.28. The van der Waals surface area contributed by atoms with Crippen LogP contribution >= 0.6 is 22.6 Å². The molecule has 7 heteroatoms. The summed E-state index contributed by atoms with van der Waals surface area (Å²) in [6, 6.07) is 20.7. The number of hydrogen-bond donors (Lipinski definition) is 1. The van der Waals surface area contributed by atoms with Gasteiger partial charge in [0.2, 0.25) is 0 Å². The summed E-state index contributed by atoms with van der Waals surface area (Å²) in [7, 11) is 0. The van der Waals surface area contributed by atoms with Crippen molar-refractivity contribution < 1.29 is 0 Å². The van der Waals surface area contributed by atoms with E-state index >= 15 is 0 Å². The molecule has 3 heterocycles. The number of rotatable bonds is 3. The van der Waals surface area contributed by atoms with Crippen LogP contribution in [0.5, 0.6) is 0 Å². The van der Waals surface area contributed by atoms with E-state index < -0.39 is 0 Å². The van der Waals surface area contributed by atoms with Gasteiger partial charge in [0.15, 0.2) is 6.17 Å². The first-order valence-corrected chi connectivity index (χ1v) is 10.5. The smallest absolute Gasteiger partial charge is 0.155 e. The number of nitrogens with zero attached hydrogens (tertiary/aromatic N) is 5. The van der Waals surface area contributed by atoms with Crippen LogP contribution in [0, 0.1) is 5.92 Å². The highest BCUT2D eigenvalue weighted by molar-refractivity contribution is 14.1. The average molecular weight is 494 g/mol. The zero-order valence-corrected chi connectivity index (χ0v) is 17.9. The second kappa shape index (κ2) is 7.22. The van der Waals surface area contributed by atoms with Gasteiger partial charge in [-0.2, -0.15) is 5.10 Å². The molecule has 0 aliphatic carbocycles. The summed E-state index contributed by atoms with van der Waals surface area (Å²) < 4.78 is 0.910. The number of aliphatic imine (C=N–C) groups is 2. The van der Waals surface area contributed by atoms with Crippen molar-refractivity contribution in [1.29, 1.82) is 0 Å². The Hall–Kier alpha value is -2.81. The van der Waals surface area contributed by atoms with Crippen molar-refractivity contribution in [3.8, 4) is 11.3 Å². The number of benzene rings is 2. The molecule has 3 atom stereocenters. The maximum atomic E-state index is 6.14. The topological polar surface area (TPSA) is 79.2 Å². The van der Waals surface area contributed by atoms with Crippen molar-refractivity contribution in [1.82, 2.24) is 9.99 Å². The van der Waals surface area contributed by atoms with Crippen LogP contribution in [-0.2, 0) is 0 Å². The molecule has 3 aromatic rings. The Morgan fingerprint density at radius 1 is 1.07 bits per heavy atom. The highest BCUT2D eigenvalue weighted by atomic mass is 127. The van der Waals surface area contributed by atoms with Gasteiger partial charge in [0.05, 0.1) is 17.3 Å². The number of hydrazone groups is 1. The van der Waals surface area contributed by atoms with Gasteiger partial charge < -0.3 is 5.73 Å². The lowest BCUT2D eigenvalue weighted by Crippen LogP contribution is -2.42. The molecular weight excluding hydrogens is 475 g/mol. The fourth-order valence-electron chi connectivity index (χ4n) is 3.92. The van der Waals surface area contributed by atoms with Gasteiger partial charge in [-0.3, -0.25) is 5.01 Å². The number of para-hydroxylation sites is 1.